The molecule has 0 radical (unpaired) electrons. The summed E-state index contributed by atoms with van der Waals surface area (Å²) in [4.78, 5) is 38.3. The fourth-order valence-corrected chi connectivity index (χ4v) is 9.05. The first-order chi connectivity index (χ1) is 35.0. The Hall–Kier alpha value is -2.63. The Morgan fingerprint density at radius 1 is 0.282 bits per heavy atom. The smallest absolute Gasteiger partial charge is 0.306 e. The lowest BCUT2D eigenvalue weighted by Gasteiger charge is -2.18. The van der Waals surface area contributed by atoms with Gasteiger partial charge in [-0.1, -0.05) is 256 Å². The molecule has 6 heteroatoms. The van der Waals surface area contributed by atoms with Crippen molar-refractivity contribution in [3.05, 3.63) is 48.6 Å². The van der Waals surface area contributed by atoms with Crippen LogP contribution >= 0.6 is 0 Å². The predicted molar refractivity (Wildman–Crippen MR) is 307 cm³/mol. The maximum atomic E-state index is 12.9. The summed E-state index contributed by atoms with van der Waals surface area (Å²) in [5.41, 5.74) is 0. The normalized spacial score (nSPS) is 12.3. The molecule has 6 nitrogen and oxygen atoms in total. The quantitative estimate of drug-likeness (QED) is 0.0261. The Balaban J connectivity index is 4.37. The summed E-state index contributed by atoms with van der Waals surface area (Å²) in [6.45, 7) is 6.64. The van der Waals surface area contributed by atoms with E-state index in [1.165, 1.54) is 225 Å². The maximum Gasteiger partial charge on any atom is 0.306 e. The molecule has 0 heterocycles. The van der Waals surface area contributed by atoms with Crippen LogP contribution < -0.4 is 0 Å². The predicted octanol–water partition coefficient (Wildman–Crippen LogP) is 21.0. The summed E-state index contributed by atoms with van der Waals surface area (Å²) in [7, 11) is 0. The molecular weight excluding hydrogens is 877 g/mol. The van der Waals surface area contributed by atoms with E-state index >= 15 is 0 Å². The molecule has 1 atom stereocenters. The number of ether oxygens (including phenoxy) is 3. The summed E-state index contributed by atoms with van der Waals surface area (Å²) in [5, 5.41) is 0. The largest absolute Gasteiger partial charge is 0.462 e. The number of carbonyl (C=O) groups is 3. The average Bonchev–Trinajstić information content (AvgIpc) is 3.37. The number of unbranched alkanes of at least 4 members (excludes halogenated alkanes) is 38. The first-order valence-corrected chi connectivity index (χ1v) is 31.1. The van der Waals surface area contributed by atoms with E-state index in [0.29, 0.717) is 19.3 Å². The highest BCUT2D eigenvalue weighted by atomic mass is 16.6. The average molecular weight is 996 g/mol. The minimum absolute atomic E-state index is 0.0763. The molecular formula is C65H118O6. The van der Waals surface area contributed by atoms with Crippen molar-refractivity contribution in [2.24, 2.45) is 0 Å². The summed E-state index contributed by atoms with van der Waals surface area (Å²) < 4.78 is 16.9. The Labute approximate surface area is 441 Å². The van der Waals surface area contributed by atoms with E-state index in [-0.39, 0.29) is 31.1 Å². The summed E-state index contributed by atoms with van der Waals surface area (Å²) in [5.74, 6) is -0.871. The lowest BCUT2D eigenvalue weighted by atomic mass is 10.1. The Morgan fingerprint density at radius 3 is 0.817 bits per heavy atom. The van der Waals surface area contributed by atoms with Crippen molar-refractivity contribution in [1.82, 2.24) is 0 Å². The van der Waals surface area contributed by atoms with Gasteiger partial charge < -0.3 is 14.2 Å². The lowest BCUT2D eigenvalue weighted by Crippen LogP contribution is -2.30. The molecule has 0 bridgehead atoms. The highest BCUT2D eigenvalue weighted by molar-refractivity contribution is 5.71. The van der Waals surface area contributed by atoms with Crippen LogP contribution in [0.15, 0.2) is 48.6 Å². The van der Waals surface area contributed by atoms with E-state index in [4.69, 9.17) is 14.2 Å². The number of rotatable bonds is 57. The fourth-order valence-electron chi connectivity index (χ4n) is 9.05. The summed E-state index contributed by atoms with van der Waals surface area (Å²) >= 11 is 0. The third-order valence-corrected chi connectivity index (χ3v) is 13.8. The van der Waals surface area contributed by atoms with Crippen LogP contribution in [0.2, 0.25) is 0 Å². The van der Waals surface area contributed by atoms with Gasteiger partial charge in [0.1, 0.15) is 13.2 Å². The zero-order valence-corrected chi connectivity index (χ0v) is 47.5. The first kappa shape index (κ1) is 68.4. The van der Waals surface area contributed by atoms with Crippen LogP contribution in [-0.2, 0) is 28.6 Å². The molecule has 0 rings (SSSR count). The van der Waals surface area contributed by atoms with Gasteiger partial charge in [-0.3, -0.25) is 14.4 Å². The highest BCUT2D eigenvalue weighted by Crippen LogP contribution is 2.16. The van der Waals surface area contributed by atoms with Gasteiger partial charge in [-0.25, -0.2) is 0 Å². The van der Waals surface area contributed by atoms with Crippen LogP contribution in [0.5, 0.6) is 0 Å². The fraction of sp³-hybridized carbons (Fsp3) is 0.831. The number of hydrogen-bond donors (Lipinski definition) is 0. The zero-order valence-electron chi connectivity index (χ0n) is 47.5. The van der Waals surface area contributed by atoms with Gasteiger partial charge in [0, 0.05) is 19.3 Å². The van der Waals surface area contributed by atoms with Gasteiger partial charge in [0.15, 0.2) is 6.10 Å². The molecule has 0 N–H and O–H groups in total. The van der Waals surface area contributed by atoms with Gasteiger partial charge in [0.2, 0.25) is 0 Å². The summed E-state index contributed by atoms with van der Waals surface area (Å²) in [6, 6.07) is 0. The maximum absolute atomic E-state index is 12.9. The number of esters is 3. The van der Waals surface area contributed by atoms with Gasteiger partial charge in [0.05, 0.1) is 0 Å². The molecule has 0 amide bonds. The van der Waals surface area contributed by atoms with Crippen molar-refractivity contribution >= 4 is 17.9 Å². The number of allylic oxidation sites excluding steroid dienone is 8. The van der Waals surface area contributed by atoms with Crippen molar-refractivity contribution in [3.63, 3.8) is 0 Å². The second kappa shape index (κ2) is 59.9. The monoisotopic (exact) mass is 995 g/mol. The molecule has 0 spiro atoms. The minimum Gasteiger partial charge on any atom is -0.462 e. The number of hydrogen-bond acceptors (Lipinski definition) is 6. The van der Waals surface area contributed by atoms with Gasteiger partial charge >= 0.3 is 17.9 Å². The van der Waals surface area contributed by atoms with Gasteiger partial charge in [0.25, 0.3) is 0 Å². The molecule has 0 aliphatic heterocycles. The van der Waals surface area contributed by atoms with Crippen LogP contribution in [0.1, 0.15) is 329 Å². The molecule has 0 aromatic heterocycles. The molecule has 71 heavy (non-hydrogen) atoms. The standard InChI is InChI=1S/C65H118O6/c1-4-7-10-13-16-19-22-25-28-31-32-35-37-40-43-46-49-52-55-58-64(67)70-61-62(71-65(68)59-56-53-50-47-44-41-38-34-30-27-24-21-18-15-12-9-6-3)60-69-63(66)57-54-51-48-45-42-39-36-33-29-26-23-20-17-14-11-8-5-2/h16,19,25-30,62H,4-15,17-18,20-24,31-61H2,1-3H3/b19-16-,28-25-,29-26-,30-27-/t62-/m0/s1. The van der Waals surface area contributed by atoms with Gasteiger partial charge in [-0.05, 0) is 103 Å². The lowest BCUT2D eigenvalue weighted by molar-refractivity contribution is -0.167. The first-order valence-electron chi connectivity index (χ1n) is 31.1. The topological polar surface area (TPSA) is 78.9 Å². The van der Waals surface area contributed by atoms with E-state index < -0.39 is 6.10 Å². The molecule has 0 unspecified atom stereocenters. The molecule has 0 fully saturated rings. The van der Waals surface area contributed by atoms with Crippen molar-refractivity contribution in [3.8, 4) is 0 Å². The zero-order chi connectivity index (χ0) is 51.4. The van der Waals surface area contributed by atoms with E-state index in [9.17, 15) is 14.4 Å². The van der Waals surface area contributed by atoms with Crippen LogP contribution in [0.25, 0.3) is 0 Å². The third-order valence-electron chi connectivity index (χ3n) is 13.8. The van der Waals surface area contributed by atoms with Gasteiger partial charge in [-0.15, -0.1) is 0 Å². The molecule has 0 aromatic rings. The molecule has 0 aliphatic carbocycles. The van der Waals surface area contributed by atoms with E-state index in [1.807, 2.05) is 0 Å². The minimum atomic E-state index is -0.779. The Bertz CT molecular complexity index is 1230. The van der Waals surface area contributed by atoms with Crippen LogP contribution in [0, 0.1) is 0 Å². The van der Waals surface area contributed by atoms with E-state index in [2.05, 4.69) is 69.4 Å². The Kier molecular flexibility index (Phi) is 57.7. The second-order valence-electron chi connectivity index (χ2n) is 21.0. The van der Waals surface area contributed by atoms with Gasteiger partial charge in [-0.2, -0.15) is 0 Å². The number of carbonyl (C=O) groups excluding carboxylic acids is 3. The second-order valence-corrected chi connectivity index (χ2v) is 21.0. The van der Waals surface area contributed by atoms with Crippen LogP contribution in [-0.4, -0.2) is 37.2 Å². The third kappa shape index (κ3) is 58.1. The Morgan fingerprint density at radius 2 is 0.507 bits per heavy atom. The summed E-state index contributed by atoms with van der Waals surface area (Å²) in [6.07, 6.45) is 73.9. The van der Waals surface area contributed by atoms with Crippen molar-refractivity contribution in [2.45, 2.75) is 335 Å². The van der Waals surface area contributed by atoms with Crippen LogP contribution in [0.3, 0.4) is 0 Å². The molecule has 414 valence electrons. The molecule has 0 saturated carbocycles. The highest BCUT2D eigenvalue weighted by Gasteiger charge is 2.19. The van der Waals surface area contributed by atoms with Crippen molar-refractivity contribution in [2.75, 3.05) is 13.2 Å². The molecule has 0 saturated heterocycles. The van der Waals surface area contributed by atoms with E-state index in [0.717, 1.165) is 64.2 Å². The van der Waals surface area contributed by atoms with Crippen molar-refractivity contribution in [1.29, 1.82) is 0 Å². The molecule has 0 aromatic carbocycles. The van der Waals surface area contributed by atoms with Crippen LogP contribution in [0.4, 0.5) is 0 Å². The molecule has 0 aliphatic rings. The van der Waals surface area contributed by atoms with E-state index in [1.54, 1.807) is 0 Å². The SMILES string of the molecule is CCCCC/C=C\C/C=C\CCCCCCCCCCCC(=O)OC[C@H](COC(=O)CCCCCCCCC/C=C\CCCCCCCC)OC(=O)CCCCCCCCC/C=C\CCCCCCCC. The van der Waals surface area contributed by atoms with Crippen molar-refractivity contribution < 1.29 is 28.6 Å².